The molecular weight excluding hydrogens is 434 g/mol. The average Bonchev–Trinajstić information content (AvgIpc) is 2.71. The van der Waals surface area contributed by atoms with E-state index in [-0.39, 0.29) is 17.4 Å². The Labute approximate surface area is 188 Å². The number of nitro benzene ring substituents is 1. The molecule has 2 aromatic carbocycles. The van der Waals surface area contributed by atoms with E-state index in [9.17, 15) is 23.3 Å². The highest BCUT2D eigenvalue weighted by atomic mass is 32.2. The quantitative estimate of drug-likeness (QED) is 0.448. The van der Waals surface area contributed by atoms with Gasteiger partial charge in [-0.2, -0.15) is 0 Å². The molecule has 0 saturated heterocycles. The van der Waals surface area contributed by atoms with Crippen LogP contribution in [0.5, 0.6) is 5.75 Å². The second kappa shape index (κ2) is 9.99. The summed E-state index contributed by atoms with van der Waals surface area (Å²) in [5.74, 6) is 0.217. The molecule has 0 fully saturated rings. The minimum absolute atomic E-state index is 0.0951. The van der Waals surface area contributed by atoms with Crippen LogP contribution in [0, 0.1) is 24.0 Å². The van der Waals surface area contributed by atoms with Gasteiger partial charge in [-0.1, -0.05) is 25.1 Å². The zero-order valence-corrected chi connectivity index (χ0v) is 19.9. The summed E-state index contributed by atoms with van der Waals surface area (Å²) in [5.41, 5.74) is 2.11. The van der Waals surface area contributed by atoms with E-state index in [0.29, 0.717) is 12.0 Å². The van der Waals surface area contributed by atoms with Gasteiger partial charge in [-0.25, -0.2) is 8.42 Å². The van der Waals surface area contributed by atoms with Gasteiger partial charge in [0, 0.05) is 12.1 Å². The molecule has 1 amide bonds. The van der Waals surface area contributed by atoms with Gasteiger partial charge in [-0.3, -0.25) is 19.2 Å². The molecule has 0 bridgehead atoms. The molecule has 9 nitrogen and oxygen atoms in total. The predicted octanol–water partition coefficient (Wildman–Crippen LogP) is 3.64. The van der Waals surface area contributed by atoms with Crippen LogP contribution in [-0.4, -0.2) is 38.7 Å². The van der Waals surface area contributed by atoms with Crippen molar-refractivity contribution in [3.05, 3.63) is 63.2 Å². The minimum atomic E-state index is -3.92. The van der Waals surface area contributed by atoms with Crippen molar-refractivity contribution in [3.63, 3.8) is 0 Å². The number of nitro groups is 1. The largest absolute Gasteiger partial charge is 0.496 e. The summed E-state index contributed by atoms with van der Waals surface area (Å²) < 4.78 is 31.4. The molecule has 0 aromatic heterocycles. The molecule has 2 atom stereocenters. The first-order valence-corrected chi connectivity index (χ1v) is 11.9. The predicted molar refractivity (Wildman–Crippen MR) is 124 cm³/mol. The lowest BCUT2D eigenvalue weighted by molar-refractivity contribution is -0.384. The van der Waals surface area contributed by atoms with E-state index in [1.54, 1.807) is 14.0 Å². The number of methoxy groups -OCH3 is 1. The summed E-state index contributed by atoms with van der Waals surface area (Å²) in [7, 11) is -2.33. The molecule has 0 heterocycles. The Balaban J connectivity index is 2.39. The van der Waals surface area contributed by atoms with Crippen LogP contribution < -0.4 is 14.4 Å². The van der Waals surface area contributed by atoms with E-state index in [1.807, 2.05) is 32.0 Å². The van der Waals surface area contributed by atoms with E-state index >= 15 is 0 Å². The van der Waals surface area contributed by atoms with Crippen molar-refractivity contribution in [3.8, 4) is 5.75 Å². The number of non-ortho nitro benzene ring substituents is 1. The topological polar surface area (TPSA) is 119 Å². The van der Waals surface area contributed by atoms with Crippen molar-refractivity contribution in [2.24, 2.45) is 0 Å². The molecule has 1 N–H and O–H groups in total. The Morgan fingerprint density at radius 3 is 2.34 bits per heavy atom. The minimum Gasteiger partial charge on any atom is -0.496 e. The van der Waals surface area contributed by atoms with E-state index in [2.05, 4.69) is 5.32 Å². The van der Waals surface area contributed by atoms with Crippen molar-refractivity contribution in [2.45, 2.75) is 46.2 Å². The van der Waals surface area contributed by atoms with Crippen LogP contribution in [-0.2, 0) is 14.8 Å². The lowest BCUT2D eigenvalue weighted by Crippen LogP contribution is -2.48. The smallest absolute Gasteiger partial charge is 0.271 e. The number of aryl methyl sites for hydroxylation is 2. The lowest BCUT2D eigenvalue weighted by Gasteiger charge is -2.30. The molecule has 0 radical (unpaired) electrons. The number of nitrogens with zero attached hydrogens (tertiary/aromatic N) is 2. The third-order valence-electron chi connectivity index (χ3n) is 5.28. The number of carbonyl (C=O) groups is 1. The molecule has 0 aliphatic heterocycles. The van der Waals surface area contributed by atoms with Gasteiger partial charge in [-0.15, -0.1) is 0 Å². The van der Waals surface area contributed by atoms with Crippen LogP contribution in [0.1, 0.15) is 43.0 Å². The van der Waals surface area contributed by atoms with Crippen LogP contribution in [0.2, 0.25) is 0 Å². The number of sulfonamides is 1. The van der Waals surface area contributed by atoms with Crippen molar-refractivity contribution < 1.29 is 22.9 Å². The first kappa shape index (κ1) is 25.1. The Morgan fingerprint density at radius 2 is 1.84 bits per heavy atom. The van der Waals surface area contributed by atoms with Gasteiger partial charge < -0.3 is 10.1 Å². The van der Waals surface area contributed by atoms with Gasteiger partial charge in [0.25, 0.3) is 5.69 Å². The Morgan fingerprint density at radius 1 is 1.19 bits per heavy atom. The van der Waals surface area contributed by atoms with Gasteiger partial charge in [0.15, 0.2) is 0 Å². The molecule has 0 aliphatic rings. The number of hydrogen-bond donors (Lipinski definition) is 1. The number of nitrogens with one attached hydrogen (secondary N) is 1. The molecule has 0 unspecified atom stereocenters. The fraction of sp³-hybridized carbons (Fsp3) is 0.409. The second-order valence-electron chi connectivity index (χ2n) is 7.66. The summed E-state index contributed by atoms with van der Waals surface area (Å²) >= 11 is 0. The highest BCUT2D eigenvalue weighted by molar-refractivity contribution is 7.92. The molecule has 10 heteroatoms. The van der Waals surface area contributed by atoms with E-state index in [0.717, 1.165) is 27.4 Å². The number of amides is 1. The fourth-order valence-electron chi connectivity index (χ4n) is 3.56. The number of hydrogen-bond acceptors (Lipinski definition) is 6. The summed E-state index contributed by atoms with van der Waals surface area (Å²) in [6, 6.07) is 8.04. The first-order chi connectivity index (χ1) is 14.9. The van der Waals surface area contributed by atoms with Crippen LogP contribution in [0.4, 0.5) is 11.4 Å². The molecule has 0 aliphatic carbocycles. The van der Waals surface area contributed by atoms with Gasteiger partial charge in [0.05, 0.1) is 30.0 Å². The third kappa shape index (κ3) is 5.56. The van der Waals surface area contributed by atoms with Gasteiger partial charge >= 0.3 is 0 Å². The second-order valence-corrected chi connectivity index (χ2v) is 9.52. The molecule has 2 aromatic rings. The summed E-state index contributed by atoms with van der Waals surface area (Å²) in [6.07, 6.45) is 1.55. The normalized spacial score (nSPS) is 13.2. The SMILES string of the molecule is CC[C@@H](NC(=O)[C@@H](C)N(c1cc([N+](=O)[O-])ccc1C)S(C)(=O)=O)c1ccc(OC)c(C)c1. The van der Waals surface area contributed by atoms with Crippen molar-refractivity contribution >= 4 is 27.3 Å². The molecular formula is C22H29N3O6S. The van der Waals surface area contributed by atoms with E-state index in [4.69, 9.17) is 4.74 Å². The summed E-state index contributed by atoms with van der Waals surface area (Å²) in [4.78, 5) is 23.7. The Hall–Kier alpha value is -3.14. The number of anilines is 1. The van der Waals surface area contributed by atoms with Crippen molar-refractivity contribution in [1.29, 1.82) is 0 Å². The monoisotopic (exact) mass is 463 g/mol. The Bertz CT molecular complexity index is 1120. The zero-order valence-electron chi connectivity index (χ0n) is 19.1. The number of ether oxygens (including phenoxy) is 1. The van der Waals surface area contributed by atoms with Crippen molar-refractivity contribution in [2.75, 3.05) is 17.7 Å². The average molecular weight is 464 g/mol. The number of carbonyl (C=O) groups excluding carboxylic acids is 1. The van der Waals surface area contributed by atoms with Gasteiger partial charge in [-0.05, 0) is 49.9 Å². The Kier molecular flexibility index (Phi) is 7.84. The van der Waals surface area contributed by atoms with Crippen LogP contribution >= 0.6 is 0 Å². The highest BCUT2D eigenvalue weighted by Crippen LogP contribution is 2.30. The van der Waals surface area contributed by atoms with Gasteiger partial charge in [0.2, 0.25) is 15.9 Å². The maximum Gasteiger partial charge on any atom is 0.271 e. The third-order valence-corrected chi connectivity index (χ3v) is 6.50. The van der Waals surface area contributed by atoms with E-state index < -0.39 is 26.9 Å². The number of rotatable bonds is 9. The fourth-order valence-corrected chi connectivity index (χ4v) is 4.79. The summed E-state index contributed by atoms with van der Waals surface area (Å²) in [5, 5.41) is 14.1. The first-order valence-electron chi connectivity index (χ1n) is 10.1. The zero-order chi connectivity index (χ0) is 24.2. The molecule has 0 spiro atoms. The van der Waals surface area contributed by atoms with Crippen LogP contribution in [0.3, 0.4) is 0 Å². The molecule has 2 rings (SSSR count). The summed E-state index contributed by atoms with van der Waals surface area (Å²) in [6.45, 7) is 6.90. The maximum absolute atomic E-state index is 13.1. The van der Waals surface area contributed by atoms with Crippen molar-refractivity contribution in [1.82, 2.24) is 5.32 Å². The molecule has 174 valence electrons. The molecule has 0 saturated carbocycles. The van der Waals surface area contributed by atoms with Gasteiger partial charge in [0.1, 0.15) is 11.8 Å². The van der Waals surface area contributed by atoms with Crippen LogP contribution in [0.25, 0.3) is 0 Å². The number of benzene rings is 2. The van der Waals surface area contributed by atoms with Crippen LogP contribution in [0.15, 0.2) is 36.4 Å². The lowest BCUT2D eigenvalue weighted by atomic mass is 10.0. The maximum atomic E-state index is 13.1. The molecule has 32 heavy (non-hydrogen) atoms. The van der Waals surface area contributed by atoms with E-state index in [1.165, 1.54) is 25.1 Å². The standard InChI is InChI=1S/C22H29N3O6S/c1-7-19(17-9-11-21(31-5)15(3)12-17)23-22(26)16(4)24(32(6,29)30)20-13-18(25(27)28)10-8-14(20)2/h8-13,16,19H,7H2,1-6H3,(H,23,26)/t16-,19-/m1/s1. The highest BCUT2D eigenvalue weighted by Gasteiger charge is 2.32.